The number of carbonyl (C=O) groups is 1. The Hall–Kier alpha value is -1.39. The van der Waals surface area contributed by atoms with Crippen LogP contribution in [0.4, 0.5) is 0 Å². The highest BCUT2D eigenvalue weighted by molar-refractivity contribution is 5.76. The largest absolute Gasteiger partial charge is 0.337 e. The van der Waals surface area contributed by atoms with Crippen LogP contribution >= 0.6 is 0 Å². The van der Waals surface area contributed by atoms with Gasteiger partial charge in [-0.15, -0.1) is 0 Å². The van der Waals surface area contributed by atoms with Gasteiger partial charge in [-0.3, -0.25) is 4.79 Å². The van der Waals surface area contributed by atoms with Gasteiger partial charge in [0.1, 0.15) is 6.04 Å². The van der Waals surface area contributed by atoms with Crippen molar-refractivity contribution in [3.05, 3.63) is 11.7 Å². The molecule has 2 fully saturated rings. The summed E-state index contributed by atoms with van der Waals surface area (Å²) in [7, 11) is 0. The Labute approximate surface area is 145 Å². The van der Waals surface area contributed by atoms with Crippen molar-refractivity contribution in [2.24, 2.45) is 5.92 Å². The quantitative estimate of drug-likeness (QED) is 0.763. The minimum absolute atomic E-state index is 0.0138. The Morgan fingerprint density at radius 2 is 2.00 bits per heavy atom. The number of hydrogen-bond donors (Lipinski definition) is 0. The molecule has 1 amide bonds. The molecule has 1 aliphatic carbocycles. The molecule has 2 atom stereocenters. The first kappa shape index (κ1) is 17.4. The van der Waals surface area contributed by atoms with E-state index < -0.39 is 0 Å². The lowest BCUT2D eigenvalue weighted by Crippen LogP contribution is -2.38. The van der Waals surface area contributed by atoms with Crippen molar-refractivity contribution in [1.82, 2.24) is 15.0 Å². The fourth-order valence-corrected chi connectivity index (χ4v) is 4.02. The summed E-state index contributed by atoms with van der Waals surface area (Å²) in [5.41, 5.74) is 0. The van der Waals surface area contributed by atoms with E-state index in [0.717, 1.165) is 50.4 Å². The van der Waals surface area contributed by atoms with E-state index in [2.05, 4.69) is 24.0 Å². The highest BCUT2D eigenvalue weighted by Crippen LogP contribution is 2.33. The van der Waals surface area contributed by atoms with E-state index in [1.165, 1.54) is 25.7 Å². The van der Waals surface area contributed by atoms with Crippen molar-refractivity contribution < 1.29 is 9.32 Å². The zero-order valence-electron chi connectivity index (χ0n) is 15.2. The van der Waals surface area contributed by atoms with Gasteiger partial charge in [-0.05, 0) is 38.0 Å². The average Bonchev–Trinajstić information content (AvgIpc) is 3.30. The molecule has 0 radical (unpaired) electrons. The van der Waals surface area contributed by atoms with Crippen LogP contribution in [0.3, 0.4) is 0 Å². The van der Waals surface area contributed by atoms with E-state index in [1.54, 1.807) is 0 Å². The highest BCUT2D eigenvalue weighted by atomic mass is 16.5. The van der Waals surface area contributed by atoms with Crippen LogP contribution in [-0.4, -0.2) is 27.5 Å². The molecule has 0 spiro atoms. The first-order valence-corrected chi connectivity index (χ1v) is 9.82. The van der Waals surface area contributed by atoms with E-state index in [9.17, 15) is 4.79 Å². The van der Waals surface area contributed by atoms with E-state index in [1.807, 2.05) is 4.90 Å². The summed E-state index contributed by atoms with van der Waals surface area (Å²) in [5.74, 6) is 2.75. The minimum atomic E-state index is -0.0138. The van der Waals surface area contributed by atoms with Crippen LogP contribution in [0.15, 0.2) is 4.52 Å². The van der Waals surface area contributed by atoms with Crippen LogP contribution in [0.1, 0.15) is 102 Å². The summed E-state index contributed by atoms with van der Waals surface area (Å²) in [5, 5.41) is 4.14. The van der Waals surface area contributed by atoms with Crippen LogP contribution in [0.25, 0.3) is 0 Å². The predicted octanol–water partition coefficient (Wildman–Crippen LogP) is 4.61. The number of nitrogens with zero attached hydrogens (tertiary/aromatic N) is 3. The molecule has 5 heteroatoms. The number of aromatic nitrogens is 2. The van der Waals surface area contributed by atoms with Crippen molar-refractivity contribution in [2.45, 2.75) is 90.0 Å². The molecule has 0 unspecified atom stereocenters. The molecule has 1 aromatic rings. The predicted molar refractivity (Wildman–Crippen MR) is 92.5 cm³/mol. The second-order valence-electron chi connectivity index (χ2n) is 7.59. The maximum atomic E-state index is 12.8. The van der Waals surface area contributed by atoms with Crippen molar-refractivity contribution in [2.75, 3.05) is 6.54 Å². The summed E-state index contributed by atoms with van der Waals surface area (Å²) >= 11 is 0. The van der Waals surface area contributed by atoms with Gasteiger partial charge in [0, 0.05) is 18.9 Å². The van der Waals surface area contributed by atoms with Gasteiger partial charge in [-0.25, -0.2) is 0 Å². The molecular weight excluding hydrogens is 302 g/mol. The molecule has 2 aliphatic rings. The van der Waals surface area contributed by atoms with Crippen molar-refractivity contribution >= 4 is 5.91 Å². The molecule has 5 nitrogen and oxygen atoms in total. The normalized spacial score (nSPS) is 23.6. The molecule has 2 heterocycles. The number of hydrogen-bond acceptors (Lipinski definition) is 4. The Morgan fingerprint density at radius 1 is 1.25 bits per heavy atom. The topological polar surface area (TPSA) is 59.2 Å². The first-order valence-electron chi connectivity index (χ1n) is 9.82. The maximum Gasteiger partial charge on any atom is 0.249 e. The van der Waals surface area contributed by atoms with E-state index >= 15 is 0 Å². The smallest absolute Gasteiger partial charge is 0.249 e. The minimum Gasteiger partial charge on any atom is -0.337 e. The van der Waals surface area contributed by atoms with Gasteiger partial charge < -0.3 is 9.42 Å². The van der Waals surface area contributed by atoms with Gasteiger partial charge in [0.15, 0.2) is 5.82 Å². The molecule has 0 bridgehead atoms. The standard InChI is InChI=1S/C19H31N3O2/c1-3-14(2)18-20-19(24-21-18)16-10-6-7-13-22(16)17(23)12-11-15-8-4-5-9-15/h14-16H,3-13H2,1-2H3/t14-,16-/m0/s1. The van der Waals surface area contributed by atoms with Crippen LogP contribution in [0.5, 0.6) is 0 Å². The van der Waals surface area contributed by atoms with Crippen LogP contribution < -0.4 is 0 Å². The Balaban J connectivity index is 1.63. The van der Waals surface area contributed by atoms with Gasteiger partial charge in [0.25, 0.3) is 0 Å². The van der Waals surface area contributed by atoms with Gasteiger partial charge in [-0.1, -0.05) is 44.7 Å². The Morgan fingerprint density at radius 3 is 2.75 bits per heavy atom. The molecule has 1 aromatic heterocycles. The van der Waals surface area contributed by atoms with Gasteiger partial charge >= 0.3 is 0 Å². The molecule has 3 rings (SSSR count). The second-order valence-corrected chi connectivity index (χ2v) is 7.59. The Bertz CT molecular complexity index is 536. The molecule has 134 valence electrons. The van der Waals surface area contributed by atoms with Crippen molar-refractivity contribution in [3.8, 4) is 0 Å². The third-order valence-electron chi connectivity index (χ3n) is 5.86. The molecule has 1 saturated heterocycles. The summed E-state index contributed by atoms with van der Waals surface area (Å²) in [6.45, 7) is 5.06. The number of amides is 1. The van der Waals surface area contributed by atoms with Gasteiger partial charge in [0.2, 0.25) is 11.8 Å². The van der Waals surface area contributed by atoms with E-state index in [0.29, 0.717) is 18.2 Å². The summed E-state index contributed by atoms with van der Waals surface area (Å²) < 4.78 is 5.53. The fraction of sp³-hybridized carbons (Fsp3) is 0.842. The van der Waals surface area contributed by atoms with Crippen LogP contribution in [0.2, 0.25) is 0 Å². The number of likely N-dealkylation sites (tertiary alicyclic amines) is 1. The monoisotopic (exact) mass is 333 g/mol. The third kappa shape index (κ3) is 3.98. The van der Waals surface area contributed by atoms with Crippen LogP contribution in [-0.2, 0) is 4.79 Å². The molecule has 0 aromatic carbocycles. The van der Waals surface area contributed by atoms with Crippen molar-refractivity contribution in [3.63, 3.8) is 0 Å². The summed E-state index contributed by atoms with van der Waals surface area (Å²) in [4.78, 5) is 19.4. The lowest BCUT2D eigenvalue weighted by Gasteiger charge is -2.33. The van der Waals surface area contributed by atoms with Gasteiger partial charge in [-0.2, -0.15) is 4.98 Å². The molecule has 1 aliphatic heterocycles. The number of rotatable bonds is 6. The lowest BCUT2D eigenvalue weighted by atomic mass is 9.98. The number of carbonyl (C=O) groups excluding carboxylic acids is 1. The fourth-order valence-electron chi connectivity index (χ4n) is 4.02. The third-order valence-corrected chi connectivity index (χ3v) is 5.86. The lowest BCUT2D eigenvalue weighted by molar-refractivity contribution is -0.136. The van der Waals surface area contributed by atoms with Crippen LogP contribution in [0, 0.1) is 5.92 Å². The molecule has 0 N–H and O–H groups in total. The van der Waals surface area contributed by atoms with Crippen molar-refractivity contribution in [1.29, 1.82) is 0 Å². The molecule has 24 heavy (non-hydrogen) atoms. The van der Waals surface area contributed by atoms with E-state index in [4.69, 9.17) is 4.52 Å². The zero-order valence-corrected chi connectivity index (χ0v) is 15.2. The van der Waals surface area contributed by atoms with E-state index in [-0.39, 0.29) is 11.9 Å². The highest BCUT2D eigenvalue weighted by Gasteiger charge is 2.32. The first-order chi connectivity index (χ1) is 11.7. The SMILES string of the molecule is CC[C@H](C)c1noc([C@@H]2CCCCN2C(=O)CCC2CCCC2)n1. The maximum absolute atomic E-state index is 12.8. The average molecular weight is 333 g/mol. The van der Waals surface area contributed by atoms with Gasteiger partial charge in [0.05, 0.1) is 0 Å². The molecule has 1 saturated carbocycles. The summed E-state index contributed by atoms with van der Waals surface area (Å²) in [6, 6.07) is -0.0138. The second kappa shape index (κ2) is 8.13. The summed E-state index contributed by atoms with van der Waals surface area (Å²) in [6.07, 6.45) is 11.1. The number of piperidine rings is 1. The molecular formula is C19H31N3O2. The Kier molecular flexibility index (Phi) is 5.90. The zero-order chi connectivity index (χ0) is 16.9.